The molecule has 0 unspecified atom stereocenters. The molecule has 10 rings (SSSR count). The van der Waals surface area contributed by atoms with E-state index in [1.54, 1.807) is 0 Å². The zero-order valence-electron chi connectivity index (χ0n) is 32.8. The molecule has 2 heterocycles. The van der Waals surface area contributed by atoms with Gasteiger partial charge in [-0.3, -0.25) is 0 Å². The van der Waals surface area contributed by atoms with Crippen molar-refractivity contribution in [1.29, 1.82) is 0 Å². The maximum Gasteiger partial charge on any atom is 0.0973 e. The second-order valence-corrected chi connectivity index (χ2v) is 15.9. The van der Waals surface area contributed by atoms with Crippen LogP contribution in [-0.4, -0.2) is 14.5 Å². The number of rotatable bonds is 7. The van der Waals surface area contributed by atoms with Crippen LogP contribution in [0.5, 0.6) is 0 Å². The van der Waals surface area contributed by atoms with Crippen LogP contribution < -0.4 is 4.90 Å². The maximum atomic E-state index is 5.16. The Morgan fingerprint density at radius 1 is 0.397 bits per heavy atom. The lowest BCUT2D eigenvalue weighted by molar-refractivity contribution is 0.590. The van der Waals surface area contributed by atoms with E-state index in [1.165, 1.54) is 38.5 Å². The van der Waals surface area contributed by atoms with Gasteiger partial charge in [0.25, 0.3) is 0 Å². The lowest BCUT2D eigenvalue weighted by atomic mass is 9.87. The van der Waals surface area contributed by atoms with Crippen molar-refractivity contribution in [2.45, 2.75) is 26.2 Å². The zero-order chi connectivity index (χ0) is 39.2. The predicted molar refractivity (Wildman–Crippen MR) is 244 cm³/mol. The highest BCUT2D eigenvalue weighted by Crippen LogP contribution is 2.40. The first-order valence-corrected chi connectivity index (χ1v) is 19.9. The molecule has 0 atom stereocenters. The van der Waals surface area contributed by atoms with E-state index in [1.807, 2.05) is 30.3 Å². The molecule has 278 valence electrons. The summed E-state index contributed by atoms with van der Waals surface area (Å²) in [6.07, 6.45) is 0. The Balaban J connectivity index is 1.04. The minimum absolute atomic E-state index is 0.0541. The summed E-state index contributed by atoms with van der Waals surface area (Å²) in [5.74, 6) is 0. The van der Waals surface area contributed by atoms with Gasteiger partial charge in [0.05, 0.1) is 33.5 Å². The second kappa shape index (κ2) is 14.3. The SMILES string of the molecule is CC(C)(C)c1ccc(N(c2ccc(-c3ccc4c(c3)c3ccccc3n4-c3ccccc3)cc2)c2ccc(-c3nc4ccccc4nc3-c3ccccc3)cc2)cc1. The van der Waals surface area contributed by atoms with E-state index in [0.717, 1.165) is 56.3 Å². The van der Waals surface area contributed by atoms with E-state index < -0.39 is 0 Å². The lowest BCUT2D eigenvalue weighted by Crippen LogP contribution is -2.13. The van der Waals surface area contributed by atoms with Gasteiger partial charge in [-0.2, -0.15) is 0 Å². The number of fused-ring (bicyclic) bond motifs is 4. The molecule has 0 N–H and O–H groups in total. The van der Waals surface area contributed by atoms with Gasteiger partial charge in [0.15, 0.2) is 0 Å². The van der Waals surface area contributed by atoms with Gasteiger partial charge in [-0.15, -0.1) is 0 Å². The van der Waals surface area contributed by atoms with Crippen LogP contribution in [0.1, 0.15) is 26.3 Å². The first-order valence-electron chi connectivity index (χ1n) is 19.9. The minimum Gasteiger partial charge on any atom is -0.311 e. The van der Waals surface area contributed by atoms with E-state index in [4.69, 9.17) is 9.97 Å². The van der Waals surface area contributed by atoms with E-state index in [2.05, 4.69) is 200 Å². The Bertz CT molecular complexity index is 3050. The Hall–Kier alpha value is -7.30. The van der Waals surface area contributed by atoms with Crippen LogP contribution in [0.4, 0.5) is 17.1 Å². The van der Waals surface area contributed by atoms with Gasteiger partial charge in [0, 0.05) is 44.6 Å². The van der Waals surface area contributed by atoms with Crippen molar-refractivity contribution in [3.05, 3.63) is 206 Å². The molecule has 0 bridgehead atoms. The Kier molecular flexibility index (Phi) is 8.68. The van der Waals surface area contributed by atoms with Gasteiger partial charge >= 0.3 is 0 Å². The van der Waals surface area contributed by atoms with Crippen molar-refractivity contribution in [2.24, 2.45) is 0 Å². The minimum atomic E-state index is 0.0541. The molecule has 0 radical (unpaired) electrons. The Morgan fingerprint density at radius 3 is 1.47 bits per heavy atom. The van der Waals surface area contributed by atoms with Gasteiger partial charge < -0.3 is 9.47 Å². The van der Waals surface area contributed by atoms with Crippen LogP contribution in [0.25, 0.3) is 72.2 Å². The summed E-state index contributed by atoms with van der Waals surface area (Å²) < 4.78 is 2.36. The first-order chi connectivity index (χ1) is 28.4. The number of anilines is 3. The maximum absolute atomic E-state index is 5.16. The molecule has 4 heteroatoms. The standard InChI is InChI=1S/C54H42N4/c1-54(2,3)41-27-33-45(34-28-41)57(44-31-24-39(25-32-44)53-52(38-14-6-4-7-15-38)55-48-19-11-12-20-49(48)56-53)43-29-22-37(23-30-43)40-26-35-51-47(36-40)46-18-10-13-21-50(46)58(51)42-16-8-5-9-17-42/h4-36H,1-3H3. The lowest BCUT2D eigenvalue weighted by Gasteiger charge is -2.27. The van der Waals surface area contributed by atoms with Crippen LogP contribution >= 0.6 is 0 Å². The number of hydrogen-bond acceptors (Lipinski definition) is 3. The normalized spacial score (nSPS) is 11.7. The van der Waals surface area contributed by atoms with E-state index >= 15 is 0 Å². The average Bonchev–Trinajstić information content (AvgIpc) is 3.61. The molecule has 4 nitrogen and oxygen atoms in total. The molecule has 0 amide bonds. The predicted octanol–water partition coefficient (Wildman–Crippen LogP) is 14.5. The Labute approximate surface area is 339 Å². The van der Waals surface area contributed by atoms with Crippen LogP contribution in [0.2, 0.25) is 0 Å². The number of para-hydroxylation sites is 4. The Morgan fingerprint density at radius 2 is 0.862 bits per heavy atom. The highest BCUT2D eigenvalue weighted by atomic mass is 15.1. The van der Waals surface area contributed by atoms with Gasteiger partial charge in [-0.05, 0) is 101 Å². The van der Waals surface area contributed by atoms with Crippen molar-refractivity contribution in [2.75, 3.05) is 4.90 Å². The molecule has 2 aromatic heterocycles. The molecule has 0 aliphatic heterocycles. The van der Waals surface area contributed by atoms with Crippen molar-refractivity contribution >= 4 is 49.9 Å². The van der Waals surface area contributed by atoms with Crippen molar-refractivity contribution < 1.29 is 0 Å². The molecule has 0 saturated carbocycles. The van der Waals surface area contributed by atoms with Gasteiger partial charge in [0.2, 0.25) is 0 Å². The molecule has 0 fully saturated rings. The number of hydrogen-bond donors (Lipinski definition) is 0. The van der Waals surface area contributed by atoms with Crippen molar-refractivity contribution in [1.82, 2.24) is 14.5 Å². The van der Waals surface area contributed by atoms with Crippen LogP contribution in [0.3, 0.4) is 0 Å². The summed E-state index contributed by atoms with van der Waals surface area (Å²) in [7, 11) is 0. The highest BCUT2D eigenvalue weighted by Gasteiger charge is 2.19. The third-order valence-corrected chi connectivity index (χ3v) is 11.2. The van der Waals surface area contributed by atoms with Crippen LogP contribution in [-0.2, 0) is 5.41 Å². The highest BCUT2D eigenvalue weighted by molar-refractivity contribution is 6.10. The van der Waals surface area contributed by atoms with E-state index in [9.17, 15) is 0 Å². The van der Waals surface area contributed by atoms with E-state index in [-0.39, 0.29) is 5.41 Å². The number of nitrogens with zero attached hydrogens (tertiary/aromatic N) is 4. The molecule has 58 heavy (non-hydrogen) atoms. The van der Waals surface area contributed by atoms with Gasteiger partial charge in [-0.1, -0.05) is 142 Å². The smallest absolute Gasteiger partial charge is 0.0973 e. The monoisotopic (exact) mass is 746 g/mol. The summed E-state index contributed by atoms with van der Waals surface area (Å²) in [4.78, 5) is 12.6. The number of benzene rings is 8. The molecule has 0 aliphatic carbocycles. The molecule has 0 saturated heterocycles. The van der Waals surface area contributed by atoms with Crippen molar-refractivity contribution in [3.63, 3.8) is 0 Å². The van der Waals surface area contributed by atoms with E-state index in [0.29, 0.717) is 0 Å². The zero-order valence-corrected chi connectivity index (χ0v) is 32.8. The molecule has 0 spiro atoms. The molecule has 0 aliphatic rings. The first kappa shape index (κ1) is 35.1. The second-order valence-electron chi connectivity index (χ2n) is 15.9. The van der Waals surface area contributed by atoms with Crippen molar-refractivity contribution in [3.8, 4) is 39.3 Å². The third-order valence-electron chi connectivity index (χ3n) is 11.2. The molecular weight excluding hydrogens is 705 g/mol. The fourth-order valence-electron chi connectivity index (χ4n) is 8.14. The summed E-state index contributed by atoms with van der Waals surface area (Å²) in [6, 6.07) is 71.3. The summed E-state index contributed by atoms with van der Waals surface area (Å²) in [6.45, 7) is 6.77. The third kappa shape index (κ3) is 6.39. The van der Waals surface area contributed by atoms with Gasteiger partial charge in [0.1, 0.15) is 0 Å². The summed E-state index contributed by atoms with van der Waals surface area (Å²) in [5, 5.41) is 2.49. The summed E-state index contributed by atoms with van der Waals surface area (Å²) >= 11 is 0. The number of aromatic nitrogens is 3. The fraction of sp³-hybridized carbons (Fsp3) is 0.0741. The van der Waals surface area contributed by atoms with Gasteiger partial charge in [-0.25, -0.2) is 9.97 Å². The molecule has 8 aromatic carbocycles. The fourth-order valence-corrected chi connectivity index (χ4v) is 8.14. The van der Waals surface area contributed by atoms with Crippen LogP contribution in [0, 0.1) is 0 Å². The molecule has 10 aromatic rings. The summed E-state index contributed by atoms with van der Waals surface area (Å²) in [5.41, 5.74) is 16.1. The molecular formula is C54H42N4. The topological polar surface area (TPSA) is 34.0 Å². The average molecular weight is 747 g/mol. The quantitative estimate of drug-likeness (QED) is 0.163. The van der Waals surface area contributed by atoms with Crippen LogP contribution in [0.15, 0.2) is 200 Å². The largest absolute Gasteiger partial charge is 0.311 e.